The highest BCUT2D eigenvalue weighted by atomic mass is 35.5. The third kappa shape index (κ3) is 3.27. The van der Waals surface area contributed by atoms with Gasteiger partial charge in [0.15, 0.2) is 11.6 Å². The highest BCUT2D eigenvalue weighted by molar-refractivity contribution is 6.32. The summed E-state index contributed by atoms with van der Waals surface area (Å²) in [5, 5.41) is 11.3. The number of aromatic hydroxyl groups is 1. The van der Waals surface area contributed by atoms with Crippen LogP contribution in [0.3, 0.4) is 0 Å². The van der Waals surface area contributed by atoms with Gasteiger partial charge < -0.3 is 5.11 Å². The predicted octanol–water partition coefficient (Wildman–Crippen LogP) is 6.43. The fourth-order valence-corrected chi connectivity index (χ4v) is 5.79. The average molecular weight is 467 g/mol. The largest absolute Gasteiger partial charge is 0.508 e. The van der Waals surface area contributed by atoms with Crippen molar-refractivity contribution in [3.05, 3.63) is 131 Å². The Balaban J connectivity index is 1.84. The Bertz CT molecular complexity index is 1350. The molecule has 2 aliphatic rings. The fraction of sp³-hybridized carbons (Fsp3) is 0.133. The normalized spacial score (nSPS) is 24.1. The lowest BCUT2D eigenvalue weighted by atomic mass is 9.50. The molecular formula is C30H23ClO3. The van der Waals surface area contributed by atoms with Crippen LogP contribution in [0.2, 0.25) is 5.02 Å². The number of phenolic OH excluding ortho intramolecular Hbond substituents is 1. The summed E-state index contributed by atoms with van der Waals surface area (Å²) in [6, 6.07) is 23.5. The second-order valence-corrected chi connectivity index (χ2v) is 9.16. The van der Waals surface area contributed by atoms with E-state index in [9.17, 15) is 14.7 Å². The summed E-state index contributed by atoms with van der Waals surface area (Å²) in [7, 11) is 0. The maximum atomic E-state index is 14.3. The number of carbonyl (C=O) groups excluding carboxylic acids is 2. The standard InChI is InChI=1S/C30H23ClO3/c1-2-19-13-15-25-29(34)23(20-9-5-3-6-10-20)18-27(33)30(25,21-11-7-4-8-12-21)28(19)24-17-22(31)14-16-26(24)32/h2-14,16-18,25,28,32H,1,15H2/t25-,28+,30-/m0/s1. The molecule has 0 bridgehead atoms. The van der Waals surface area contributed by atoms with E-state index in [1.807, 2.05) is 66.7 Å². The van der Waals surface area contributed by atoms with Crippen LogP contribution in [-0.2, 0) is 15.0 Å². The van der Waals surface area contributed by atoms with Crippen molar-refractivity contribution < 1.29 is 14.7 Å². The number of fused-ring (bicyclic) bond motifs is 1. The minimum atomic E-state index is -1.24. The van der Waals surface area contributed by atoms with Crippen LogP contribution in [0.15, 0.2) is 109 Å². The Morgan fingerprint density at radius 3 is 2.32 bits per heavy atom. The van der Waals surface area contributed by atoms with Gasteiger partial charge in [-0.3, -0.25) is 9.59 Å². The number of carbonyl (C=O) groups is 2. The van der Waals surface area contributed by atoms with E-state index < -0.39 is 17.3 Å². The van der Waals surface area contributed by atoms with Gasteiger partial charge in [0, 0.05) is 28.0 Å². The predicted molar refractivity (Wildman–Crippen MR) is 135 cm³/mol. The fourth-order valence-electron chi connectivity index (χ4n) is 5.61. The number of hydrogen-bond acceptors (Lipinski definition) is 3. The molecule has 5 rings (SSSR count). The van der Waals surface area contributed by atoms with E-state index in [0.717, 1.165) is 16.7 Å². The van der Waals surface area contributed by atoms with Gasteiger partial charge in [0.05, 0.1) is 5.41 Å². The van der Waals surface area contributed by atoms with Crippen LogP contribution in [0, 0.1) is 5.92 Å². The number of phenols is 1. The van der Waals surface area contributed by atoms with E-state index in [1.54, 1.807) is 18.2 Å². The number of rotatable bonds is 4. The third-order valence-corrected chi connectivity index (χ3v) is 7.30. The van der Waals surface area contributed by atoms with Crippen molar-refractivity contribution >= 4 is 28.7 Å². The van der Waals surface area contributed by atoms with Crippen LogP contribution < -0.4 is 0 Å². The Morgan fingerprint density at radius 1 is 0.971 bits per heavy atom. The van der Waals surface area contributed by atoms with Gasteiger partial charge in [0.2, 0.25) is 0 Å². The highest BCUT2D eigenvalue weighted by Crippen LogP contribution is 2.58. The lowest BCUT2D eigenvalue weighted by Gasteiger charge is -2.49. The zero-order valence-corrected chi connectivity index (χ0v) is 19.2. The minimum Gasteiger partial charge on any atom is -0.508 e. The Kier molecular flexibility index (Phi) is 5.59. The summed E-state index contributed by atoms with van der Waals surface area (Å²) >= 11 is 6.34. The molecule has 4 heteroatoms. The SMILES string of the molecule is C=CC1=CC[C@H]2C(=O)C(c3ccccc3)=CC(=O)[C@@]2(c2ccccc2)[C@H]1c1cc(Cl)ccc1O. The minimum absolute atomic E-state index is 0.0243. The maximum Gasteiger partial charge on any atom is 0.168 e. The van der Waals surface area contributed by atoms with Gasteiger partial charge in [0.25, 0.3) is 0 Å². The van der Waals surface area contributed by atoms with Crippen LogP contribution in [0.25, 0.3) is 5.57 Å². The first-order chi connectivity index (χ1) is 16.5. The number of Topliss-reactive ketones (excluding diaryl/α,β-unsaturated/α-hetero) is 1. The first kappa shape index (κ1) is 22.1. The maximum absolute atomic E-state index is 14.3. The number of benzene rings is 3. The molecule has 0 radical (unpaired) electrons. The second kappa shape index (κ2) is 8.58. The van der Waals surface area contributed by atoms with Crippen LogP contribution in [0.5, 0.6) is 5.75 Å². The summed E-state index contributed by atoms with van der Waals surface area (Å²) < 4.78 is 0. The molecule has 1 N–H and O–H groups in total. The van der Waals surface area contributed by atoms with E-state index >= 15 is 0 Å². The van der Waals surface area contributed by atoms with Gasteiger partial charge in [-0.2, -0.15) is 0 Å². The van der Waals surface area contributed by atoms with E-state index in [4.69, 9.17) is 11.6 Å². The number of allylic oxidation sites excluding steroid dienone is 5. The molecule has 0 saturated carbocycles. The molecule has 3 atom stereocenters. The first-order valence-corrected chi connectivity index (χ1v) is 11.6. The van der Waals surface area contributed by atoms with E-state index in [1.165, 1.54) is 12.1 Å². The molecule has 3 aromatic rings. The van der Waals surface area contributed by atoms with Crippen molar-refractivity contribution in [2.45, 2.75) is 17.8 Å². The molecule has 0 saturated heterocycles. The van der Waals surface area contributed by atoms with Crippen LogP contribution in [-0.4, -0.2) is 16.7 Å². The number of ketones is 2. The molecule has 3 aromatic carbocycles. The van der Waals surface area contributed by atoms with Crippen molar-refractivity contribution in [3.63, 3.8) is 0 Å². The molecular weight excluding hydrogens is 444 g/mol. The van der Waals surface area contributed by atoms with Crippen LogP contribution in [0.1, 0.15) is 29.0 Å². The van der Waals surface area contributed by atoms with E-state index in [-0.39, 0.29) is 17.3 Å². The number of hydrogen-bond donors (Lipinski definition) is 1. The lowest BCUT2D eigenvalue weighted by molar-refractivity contribution is -0.131. The summed E-state index contributed by atoms with van der Waals surface area (Å²) in [5.74, 6) is -1.50. The molecule has 0 aliphatic heterocycles. The average Bonchev–Trinajstić information content (AvgIpc) is 2.87. The van der Waals surface area contributed by atoms with Gasteiger partial charge in [0.1, 0.15) is 5.75 Å². The van der Waals surface area contributed by atoms with Crippen molar-refractivity contribution in [2.75, 3.05) is 0 Å². The smallest absolute Gasteiger partial charge is 0.168 e. The van der Waals surface area contributed by atoms with Gasteiger partial charge in [-0.25, -0.2) is 0 Å². The molecule has 3 nitrogen and oxygen atoms in total. The van der Waals surface area contributed by atoms with Crippen molar-refractivity contribution in [1.82, 2.24) is 0 Å². The molecule has 0 heterocycles. The third-order valence-electron chi connectivity index (χ3n) is 7.07. The van der Waals surface area contributed by atoms with Crippen LogP contribution >= 0.6 is 11.6 Å². The Hall–Kier alpha value is -3.69. The topological polar surface area (TPSA) is 54.4 Å². The monoisotopic (exact) mass is 466 g/mol. The summed E-state index contributed by atoms with van der Waals surface area (Å²) in [6.07, 6.45) is 5.55. The molecule has 0 amide bonds. The quantitative estimate of drug-likeness (QED) is 0.481. The Morgan fingerprint density at radius 2 is 1.65 bits per heavy atom. The molecule has 0 spiro atoms. The second-order valence-electron chi connectivity index (χ2n) is 8.72. The zero-order chi connectivity index (χ0) is 23.9. The summed E-state index contributed by atoms with van der Waals surface area (Å²) in [4.78, 5) is 28.4. The van der Waals surface area contributed by atoms with Crippen molar-refractivity contribution in [3.8, 4) is 5.75 Å². The van der Waals surface area contributed by atoms with Crippen LogP contribution in [0.4, 0.5) is 0 Å². The van der Waals surface area contributed by atoms with Gasteiger partial charge in [-0.15, -0.1) is 0 Å². The van der Waals surface area contributed by atoms with Gasteiger partial charge >= 0.3 is 0 Å². The van der Waals surface area contributed by atoms with E-state index in [2.05, 4.69) is 6.58 Å². The van der Waals surface area contributed by atoms with Crippen molar-refractivity contribution in [2.24, 2.45) is 5.92 Å². The summed E-state index contributed by atoms with van der Waals surface area (Å²) in [5.41, 5.74) is 1.94. The molecule has 0 aromatic heterocycles. The molecule has 0 fully saturated rings. The molecule has 168 valence electrons. The highest BCUT2D eigenvalue weighted by Gasteiger charge is 2.59. The molecule has 0 unspecified atom stereocenters. The number of halogens is 1. The summed E-state index contributed by atoms with van der Waals surface area (Å²) in [6.45, 7) is 3.99. The van der Waals surface area contributed by atoms with E-state index in [0.29, 0.717) is 22.6 Å². The van der Waals surface area contributed by atoms with Gasteiger partial charge in [-0.1, -0.05) is 91.0 Å². The lowest BCUT2D eigenvalue weighted by Crippen LogP contribution is -2.54. The molecule has 34 heavy (non-hydrogen) atoms. The first-order valence-electron chi connectivity index (χ1n) is 11.2. The van der Waals surface area contributed by atoms with Gasteiger partial charge in [-0.05, 0) is 47.4 Å². The Labute approximate surface area is 203 Å². The zero-order valence-electron chi connectivity index (χ0n) is 18.4. The molecule has 2 aliphatic carbocycles. The van der Waals surface area contributed by atoms with Crippen molar-refractivity contribution in [1.29, 1.82) is 0 Å².